The number of carbonyl (C=O) groups is 1. The van der Waals surface area contributed by atoms with Crippen molar-refractivity contribution in [2.75, 3.05) is 20.2 Å². The standard InChI is InChI=1S/C25H36N2O2S/c1-16(28)27-11-9-17(10-12-27)21-15-30-23(26-21)18-13-19(24(2,3)4)22(29-8)20(14-18)25(5,6)7/h13-15,17H,9-12H2,1-8H3. The van der Waals surface area contributed by atoms with E-state index in [4.69, 9.17) is 9.72 Å². The number of amides is 1. The van der Waals surface area contributed by atoms with Gasteiger partial charge in [0.05, 0.1) is 12.8 Å². The van der Waals surface area contributed by atoms with E-state index in [1.54, 1.807) is 25.4 Å². The zero-order chi connectivity index (χ0) is 22.3. The first-order valence-corrected chi connectivity index (χ1v) is 11.7. The van der Waals surface area contributed by atoms with Crippen LogP contribution >= 0.6 is 11.3 Å². The predicted molar refractivity (Wildman–Crippen MR) is 126 cm³/mol. The van der Waals surface area contributed by atoms with Gasteiger partial charge in [-0.05, 0) is 35.8 Å². The summed E-state index contributed by atoms with van der Waals surface area (Å²) in [6.45, 7) is 16.7. The molecule has 1 aromatic heterocycles. The lowest BCUT2D eigenvalue weighted by atomic mass is 9.78. The highest BCUT2D eigenvalue weighted by atomic mass is 32.1. The van der Waals surface area contributed by atoms with Gasteiger partial charge in [0.25, 0.3) is 0 Å². The average molecular weight is 429 g/mol. The maximum atomic E-state index is 11.6. The first-order valence-electron chi connectivity index (χ1n) is 10.9. The molecule has 3 rings (SSSR count). The second kappa shape index (κ2) is 8.33. The Kier molecular flexibility index (Phi) is 6.33. The fourth-order valence-electron chi connectivity index (χ4n) is 4.18. The van der Waals surface area contributed by atoms with E-state index in [1.807, 2.05) is 4.90 Å². The van der Waals surface area contributed by atoms with Crippen molar-refractivity contribution in [3.8, 4) is 16.3 Å². The fourth-order valence-corrected chi connectivity index (χ4v) is 5.07. The molecule has 0 unspecified atom stereocenters. The van der Waals surface area contributed by atoms with Crippen LogP contribution in [0.5, 0.6) is 5.75 Å². The summed E-state index contributed by atoms with van der Waals surface area (Å²) >= 11 is 1.72. The van der Waals surface area contributed by atoms with Crippen molar-refractivity contribution >= 4 is 17.2 Å². The van der Waals surface area contributed by atoms with Gasteiger partial charge < -0.3 is 9.64 Å². The summed E-state index contributed by atoms with van der Waals surface area (Å²) < 4.78 is 5.90. The molecule has 0 aliphatic carbocycles. The van der Waals surface area contributed by atoms with Crippen LogP contribution in [-0.2, 0) is 15.6 Å². The van der Waals surface area contributed by atoms with Crippen LogP contribution in [0.1, 0.15) is 84.0 Å². The molecule has 2 aromatic rings. The molecule has 1 amide bonds. The third kappa shape index (κ3) is 4.72. The lowest BCUT2D eigenvalue weighted by Crippen LogP contribution is -2.36. The summed E-state index contributed by atoms with van der Waals surface area (Å²) in [5.74, 6) is 1.61. The molecular formula is C25H36N2O2S. The number of benzene rings is 1. The van der Waals surface area contributed by atoms with E-state index in [9.17, 15) is 4.79 Å². The molecule has 0 spiro atoms. The highest BCUT2D eigenvalue weighted by Crippen LogP contribution is 2.43. The van der Waals surface area contributed by atoms with Gasteiger partial charge in [-0.1, -0.05) is 41.5 Å². The largest absolute Gasteiger partial charge is 0.496 e. The third-order valence-electron chi connectivity index (χ3n) is 6.04. The highest BCUT2D eigenvalue weighted by molar-refractivity contribution is 7.13. The maximum absolute atomic E-state index is 11.6. The SMILES string of the molecule is COc1c(C(C)(C)C)cc(-c2nc(C3CCN(C(C)=O)CC3)cs2)cc1C(C)(C)C. The topological polar surface area (TPSA) is 42.4 Å². The summed E-state index contributed by atoms with van der Waals surface area (Å²) in [7, 11) is 1.77. The minimum atomic E-state index is -0.0268. The second-order valence-electron chi connectivity index (χ2n) is 10.5. The van der Waals surface area contributed by atoms with Gasteiger partial charge in [0, 0.05) is 48.0 Å². The average Bonchev–Trinajstić information content (AvgIpc) is 3.15. The summed E-state index contributed by atoms with van der Waals surface area (Å²) in [5.41, 5.74) is 4.73. The van der Waals surface area contributed by atoms with Crippen LogP contribution in [-0.4, -0.2) is 36.0 Å². The number of hydrogen-bond donors (Lipinski definition) is 0. The van der Waals surface area contributed by atoms with E-state index in [0.717, 1.165) is 36.7 Å². The van der Waals surface area contributed by atoms with Crippen molar-refractivity contribution in [3.05, 3.63) is 34.3 Å². The van der Waals surface area contributed by atoms with E-state index in [0.29, 0.717) is 5.92 Å². The van der Waals surface area contributed by atoms with Gasteiger partial charge in [0.15, 0.2) is 0 Å². The van der Waals surface area contributed by atoms with Crippen LogP contribution in [0.4, 0.5) is 0 Å². The number of hydrogen-bond acceptors (Lipinski definition) is 4. The van der Waals surface area contributed by atoms with E-state index >= 15 is 0 Å². The maximum Gasteiger partial charge on any atom is 0.219 e. The molecule has 5 heteroatoms. The molecule has 0 N–H and O–H groups in total. The number of likely N-dealkylation sites (tertiary alicyclic amines) is 1. The molecule has 1 aliphatic rings. The molecule has 2 heterocycles. The molecule has 4 nitrogen and oxygen atoms in total. The van der Waals surface area contributed by atoms with E-state index in [2.05, 4.69) is 59.1 Å². The molecule has 164 valence electrons. The normalized spacial score (nSPS) is 16.1. The molecule has 0 atom stereocenters. The van der Waals surface area contributed by atoms with Crippen LogP contribution in [0.2, 0.25) is 0 Å². The van der Waals surface area contributed by atoms with Crippen molar-refractivity contribution < 1.29 is 9.53 Å². The molecule has 0 saturated carbocycles. The summed E-state index contributed by atoms with van der Waals surface area (Å²) in [4.78, 5) is 18.6. The van der Waals surface area contributed by atoms with Crippen LogP contribution in [0.3, 0.4) is 0 Å². The Balaban J connectivity index is 1.98. The van der Waals surface area contributed by atoms with Crippen molar-refractivity contribution in [1.82, 2.24) is 9.88 Å². The Hall–Kier alpha value is -1.88. The van der Waals surface area contributed by atoms with Gasteiger partial charge in [-0.2, -0.15) is 0 Å². The molecule has 1 aliphatic heterocycles. The minimum Gasteiger partial charge on any atom is -0.496 e. The number of aromatic nitrogens is 1. The number of ether oxygens (including phenoxy) is 1. The van der Waals surface area contributed by atoms with E-state index in [1.165, 1.54) is 22.4 Å². The Morgan fingerprint density at radius 2 is 1.60 bits per heavy atom. The number of nitrogens with zero attached hydrogens (tertiary/aromatic N) is 2. The number of carbonyl (C=O) groups excluding carboxylic acids is 1. The first-order chi connectivity index (χ1) is 13.9. The summed E-state index contributed by atoms with van der Waals surface area (Å²) in [6, 6.07) is 4.52. The Bertz CT molecular complexity index is 875. The molecule has 0 bridgehead atoms. The molecular weight excluding hydrogens is 392 g/mol. The smallest absolute Gasteiger partial charge is 0.219 e. The number of methoxy groups -OCH3 is 1. The summed E-state index contributed by atoms with van der Waals surface area (Å²) in [5, 5.41) is 3.28. The third-order valence-corrected chi connectivity index (χ3v) is 6.95. The van der Waals surface area contributed by atoms with Gasteiger partial charge in [-0.25, -0.2) is 4.98 Å². The molecule has 1 aromatic carbocycles. The zero-order valence-electron chi connectivity index (χ0n) is 19.8. The number of piperidine rings is 1. The lowest BCUT2D eigenvalue weighted by Gasteiger charge is -2.30. The Labute approximate surface area is 185 Å². The summed E-state index contributed by atoms with van der Waals surface area (Å²) in [6.07, 6.45) is 1.98. The lowest BCUT2D eigenvalue weighted by molar-refractivity contribution is -0.129. The molecule has 30 heavy (non-hydrogen) atoms. The van der Waals surface area contributed by atoms with Crippen LogP contribution in [0, 0.1) is 0 Å². The predicted octanol–water partition coefficient (Wildman–Crippen LogP) is 6.14. The molecule has 0 radical (unpaired) electrons. The first kappa shape index (κ1) is 22.8. The molecule has 1 fully saturated rings. The van der Waals surface area contributed by atoms with Gasteiger partial charge in [0.2, 0.25) is 5.91 Å². The van der Waals surface area contributed by atoms with Gasteiger partial charge >= 0.3 is 0 Å². The van der Waals surface area contributed by atoms with Crippen molar-refractivity contribution in [2.45, 2.75) is 78.1 Å². The van der Waals surface area contributed by atoms with Crippen molar-refractivity contribution in [3.63, 3.8) is 0 Å². The van der Waals surface area contributed by atoms with Crippen LogP contribution in [0.25, 0.3) is 10.6 Å². The zero-order valence-corrected chi connectivity index (χ0v) is 20.6. The van der Waals surface area contributed by atoms with Crippen LogP contribution in [0.15, 0.2) is 17.5 Å². The Morgan fingerprint density at radius 1 is 1.07 bits per heavy atom. The van der Waals surface area contributed by atoms with Gasteiger partial charge in [-0.3, -0.25) is 4.79 Å². The van der Waals surface area contributed by atoms with Crippen molar-refractivity contribution in [2.24, 2.45) is 0 Å². The van der Waals surface area contributed by atoms with E-state index < -0.39 is 0 Å². The minimum absolute atomic E-state index is 0.0268. The highest BCUT2D eigenvalue weighted by Gasteiger charge is 2.29. The number of thiazole rings is 1. The van der Waals surface area contributed by atoms with Crippen molar-refractivity contribution in [1.29, 1.82) is 0 Å². The van der Waals surface area contributed by atoms with Gasteiger partial charge in [0.1, 0.15) is 10.8 Å². The Morgan fingerprint density at radius 3 is 2.03 bits per heavy atom. The quantitative estimate of drug-likeness (QED) is 0.590. The van der Waals surface area contributed by atoms with Gasteiger partial charge in [-0.15, -0.1) is 11.3 Å². The fraction of sp³-hybridized carbons (Fsp3) is 0.600. The van der Waals surface area contributed by atoms with Crippen LogP contribution < -0.4 is 4.74 Å². The molecule has 1 saturated heterocycles. The monoisotopic (exact) mass is 428 g/mol. The second-order valence-corrected chi connectivity index (χ2v) is 11.3. The number of rotatable bonds is 3. The van der Waals surface area contributed by atoms with E-state index in [-0.39, 0.29) is 16.7 Å².